The first-order valence-electron chi connectivity index (χ1n) is 8.33. The molecule has 0 spiro atoms. The molecule has 0 fully saturated rings. The Balaban J connectivity index is 2.06. The van der Waals surface area contributed by atoms with Gasteiger partial charge in [-0.25, -0.2) is 4.79 Å². The molecule has 2 aromatic rings. The van der Waals surface area contributed by atoms with Crippen molar-refractivity contribution >= 4 is 29.0 Å². The monoisotopic (exact) mass is 356 g/mol. The Morgan fingerprint density at radius 1 is 1.16 bits per heavy atom. The van der Waals surface area contributed by atoms with Crippen molar-refractivity contribution in [1.29, 1.82) is 0 Å². The van der Waals surface area contributed by atoms with Crippen LogP contribution in [-0.4, -0.2) is 17.7 Å². The number of rotatable bonds is 5. The van der Waals surface area contributed by atoms with Gasteiger partial charge >= 0.3 is 5.97 Å². The molecule has 0 radical (unpaired) electrons. The minimum Gasteiger partial charge on any atom is -0.462 e. The van der Waals surface area contributed by atoms with Gasteiger partial charge in [0.1, 0.15) is 0 Å². The van der Waals surface area contributed by atoms with Crippen LogP contribution in [0.4, 0.5) is 5.69 Å². The largest absolute Gasteiger partial charge is 0.462 e. The molecule has 0 saturated heterocycles. The van der Waals surface area contributed by atoms with Gasteiger partial charge in [-0.05, 0) is 63.2 Å². The standard InChI is InChI=1S/C20H24N2O2S/c1-5-24-19(23)17-7-6-8-18(14(17)3)22-20(25)21-15(4)16-11-9-13(2)10-12-16/h6-12,15H,5H2,1-4H3,(H2,21,22,25). The molecular formula is C20H24N2O2S. The van der Waals surface area contributed by atoms with E-state index in [2.05, 4.69) is 48.7 Å². The van der Waals surface area contributed by atoms with E-state index < -0.39 is 0 Å². The van der Waals surface area contributed by atoms with Crippen LogP contribution in [-0.2, 0) is 4.74 Å². The summed E-state index contributed by atoms with van der Waals surface area (Å²) in [5, 5.41) is 6.95. The van der Waals surface area contributed by atoms with Crippen molar-refractivity contribution in [3.8, 4) is 0 Å². The van der Waals surface area contributed by atoms with Crippen molar-refractivity contribution in [1.82, 2.24) is 5.32 Å². The molecule has 0 aliphatic carbocycles. The summed E-state index contributed by atoms with van der Waals surface area (Å²) < 4.78 is 5.09. The summed E-state index contributed by atoms with van der Waals surface area (Å²) in [7, 11) is 0. The third kappa shape index (κ3) is 5.03. The minimum absolute atomic E-state index is 0.0779. The number of hydrogen-bond donors (Lipinski definition) is 2. The fraction of sp³-hybridized carbons (Fsp3) is 0.300. The zero-order chi connectivity index (χ0) is 18.4. The normalized spacial score (nSPS) is 11.5. The molecule has 4 nitrogen and oxygen atoms in total. The molecule has 2 N–H and O–H groups in total. The van der Waals surface area contributed by atoms with Crippen LogP contribution in [0.25, 0.3) is 0 Å². The Kier molecular flexibility index (Phi) is 6.53. The quantitative estimate of drug-likeness (QED) is 0.609. The van der Waals surface area contributed by atoms with Gasteiger partial charge in [0.15, 0.2) is 5.11 Å². The van der Waals surface area contributed by atoms with Crippen molar-refractivity contribution in [2.24, 2.45) is 0 Å². The van der Waals surface area contributed by atoms with Gasteiger partial charge in [-0.2, -0.15) is 0 Å². The average molecular weight is 356 g/mol. The Morgan fingerprint density at radius 2 is 1.84 bits per heavy atom. The lowest BCUT2D eigenvalue weighted by Crippen LogP contribution is -2.31. The second-order valence-electron chi connectivity index (χ2n) is 5.93. The molecule has 132 valence electrons. The van der Waals surface area contributed by atoms with Crippen LogP contribution >= 0.6 is 12.2 Å². The smallest absolute Gasteiger partial charge is 0.338 e. The van der Waals surface area contributed by atoms with Gasteiger partial charge < -0.3 is 15.4 Å². The number of ether oxygens (including phenoxy) is 1. The van der Waals surface area contributed by atoms with Gasteiger partial charge in [0, 0.05) is 5.69 Å². The van der Waals surface area contributed by atoms with E-state index in [0.717, 1.165) is 16.8 Å². The number of anilines is 1. The molecule has 0 bridgehead atoms. The summed E-state index contributed by atoms with van der Waals surface area (Å²) in [6, 6.07) is 13.9. The third-order valence-electron chi connectivity index (χ3n) is 4.00. The highest BCUT2D eigenvalue weighted by Crippen LogP contribution is 2.20. The van der Waals surface area contributed by atoms with Gasteiger partial charge in [-0.1, -0.05) is 35.9 Å². The van der Waals surface area contributed by atoms with Crippen molar-refractivity contribution in [3.63, 3.8) is 0 Å². The fourth-order valence-electron chi connectivity index (χ4n) is 2.49. The summed E-state index contributed by atoms with van der Waals surface area (Å²) in [6.07, 6.45) is 0. The Hall–Kier alpha value is -2.40. The van der Waals surface area contributed by atoms with E-state index in [1.54, 1.807) is 13.0 Å². The predicted molar refractivity (Wildman–Crippen MR) is 106 cm³/mol. The number of hydrogen-bond acceptors (Lipinski definition) is 3. The van der Waals surface area contributed by atoms with Crippen molar-refractivity contribution < 1.29 is 9.53 Å². The second-order valence-corrected chi connectivity index (χ2v) is 6.34. The zero-order valence-corrected chi connectivity index (χ0v) is 15.9. The summed E-state index contributed by atoms with van der Waals surface area (Å²) >= 11 is 5.42. The number of carbonyl (C=O) groups is 1. The topological polar surface area (TPSA) is 50.4 Å². The van der Waals surface area contributed by atoms with Gasteiger partial charge in [0.25, 0.3) is 0 Å². The van der Waals surface area contributed by atoms with E-state index in [0.29, 0.717) is 17.3 Å². The van der Waals surface area contributed by atoms with Gasteiger partial charge in [0.2, 0.25) is 0 Å². The molecule has 0 aliphatic rings. The summed E-state index contributed by atoms with van der Waals surface area (Å²) in [5.74, 6) is -0.324. The molecule has 2 rings (SSSR count). The molecule has 1 unspecified atom stereocenters. The van der Waals surface area contributed by atoms with Crippen molar-refractivity contribution in [2.45, 2.75) is 33.7 Å². The average Bonchev–Trinajstić information content (AvgIpc) is 2.57. The fourth-order valence-corrected chi connectivity index (χ4v) is 2.78. The molecule has 5 heteroatoms. The molecular weight excluding hydrogens is 332 g/mol. The molecule has 2 aromatic carbocycles. The van der Waals surface area contributed by atoms with Crippen LogP contribution < -0.4 is 10.6 Å². The maximum atomic E-state index is 12.0. The van der Waals surface area contributed by atoms with E-state index in [4.69, 9.17) is 17.0 Å². The summed E-state index contributed by atoms with van der Waals surface area (Å²) in [6.45, 7) is 8.14. The van der Waals surface area contributed by atoms with Crippen LogP contribution in [0.3, 0.4) is 0 Å². The molecule has 0 heterocycles. The maximum absolute atomic E-state index is 12.0. The van der Waals surface area contributed by atoms with Crippen molar-refractivity contribution in [3.05, 3.63) is 64.7 Å². The minimum atomic E-state index is -0.324. The van der Waals surface area contributed by atoms with Crippen LogP contribution in [0.15, 0.2) is 42.5 Å². The maximum Gasteiger partial charge on any atom is 0.338 e. The SMILES string of the molecule is CCOC(=O)c1cccc(NC(=S)NC(C)c2ccc(C)cc2)c1C. The first kappa shape index (κ1) is 18.9. The van der Waals surface area contributed by atoms with E-state index in [1.165, 1.54) is 5.56 Å². The molecule has 0 aromatic heterocycles. The lowest BCUT2D eigenvalue weighted by atomic mass is 10.1. The van der Waals surface area contributed by atoms with Crippen LogP contribution in [0.1, 0.15) is 46.9 Å². The van der Waals surface area contributed by atoms with Crippen LogP contribution in [0.2, 0.25) is 0 Å². The van der Waals surface area contributed by atoms with Gasteiger partial charge in [-0.3, -0.25) is 0 Å². The Labute approximate surface area is 154 Å². The third-order valence-corrected chi connectivity index (χ3v) is 4.22. The highest BCUT2D eigenvalue weighted by atomic mass is 32.1. The van der Waals surface area contributed by atoms with Gasteiger partial charge in [-0.15, -0.1) is 0 Å². The number of carbonyl (C=O) groups excluding carboxylic acids is 1. The Morgan fingerprint density at radius 3 is 2.48 bits per heavy atom. The van der Waals surface area contributed by atoms with Crippen LogP contribution in [0.5, 0.6) is 0 Å². The second kappa shape index (κ2) is 8.62. The molecule has 0 aliphatic heterocycles. The highest BCUT2D eigenvalue weighted by Gasteiger charge is 2.14. The first-order chi connectivity index (χ1) is 11.9. The van der Waals surface area contributed by atoms with E-state index in [1.807, 2.05) is 19.1 Å². The number of benzene rings is 2. The number of thiocarbonyl (C=S) groups is 1. The molecule has 25 heavy (non-hydrogen) atoms. The highest BCUT2D eigenvalue weighted by molar-refractivity contribution is 7.80. The van der Waals surface area contributed by atoms with Gasteiger partial charge in [0.05, 0.1) is 18.2 Å². The Bertz CT molecular complexity index is 757. The molecule has 0 amide bonds. The van der Waals surface area contributed by atoms with Crippen LogP contribution in [0, 0.1) is 13.8 Å². The van der Waals surface area contributed by atoms with E-state index in [-0.39, 0.29) is 12.0 Å². The summed E-state index contributed by atoms with van der Waals surface area (Å²) in [5.41, 5.74) is 4.53. The molecule has 1 atom stereocenters. The number of esters is 1. The number of nitrogens with one attached hydrogen (secondary N) is 2. The lowest BCUT2D eigenvalue weighted by Gasteiger charge is -2.19. The lowest BCUT2D eigenvalue weighted by molar-refractivity contribution is 0.0525. The number of aryl methyl sites for hydroxylation is 1. The molecule has 0 saturated carbocycles. The predicted octanol–water partition coefficient (Wildman–Crippen LogP) is 4.53. The zero-order valence-electron chi connectivity index (χ0n) is 15.1. The first-order valence-corrected chi connectivity index (χ1v) is 8.74. The summed E-state index contributed by atoms with van der Waals surface area (Å²) in [4.78, 5) is 12.0. The van der Waals surface area contributed by atoms with Crippen molar-refractivity contribution in [2.75, 3.05) is 11.9 Å². The van der Waals surface area contributed by atoms with E-state index >= 15 is 0 Å². The van der Waals surface area contributed by atoms with E-state index in [9.17, 15) is 4.79 Å².